The van der Waals surface area contributed by atoms with E-state index in [9.17, 15) is 15.0 Å². The van der Waals surface area contributed by atoms with Gasteiger partial charge in [0.1, 0.15) is 11.8 Å². The smallest absolute Gasteiger partial charge is 0.168 e. The molecule has 1 rings (SSSR count). The zero-order chi connectivity index (χ0) is 12.0. The SMILES string of the molecule is [N-]=[N+]=NCC(O)C(O)c1ccc(C=O)nc1. The summed E-state index contributed by atoms with van der Waals surface area (Å²) in [5.41, 5.74) is 8.64. The van der Waals surface area contributed by atoms with Gasteiger partial charge in [-0.1, -0.05) is 11.2 Å². The van der Waals surface area contributed by atoms with Crippen LogP contribution in [-0.2, 0) is 0 Å². The number of hydrogen-bond acceptors (Lipinski definition) is 5. The van der Waals surface area contributed by atoms with Crippen molar-refractivity contribution >= 4 is 6.29 Å². The molecule has 7 heteroatoms. The summed E-state index contributed by atoms with van der Waals surface area (Å²) in [5.74, 6) is 0. The molecule has 16 heavy (non-hydrogen) atoms. The highest BCUT2D eigenvalue weighted by molar-refractivity contribution is 5.71. The molecule has 0 fully saturated rings. The third-order valence-corrected chi connectivity index (χ3v) is 1.97. The third kappa shape index (κ3) is 3.03. The lowest BCUT2D eigenvalue weighted by molar-refractivity contribution is 0.0242. The first-order chi connectivity index (χ1) is 7.69. The topological polar surface area (TPSA) is 119 Å². The summed E-state index contributed by atoms with van der Waals surface area (Å²) in [7, 11) is 0. The molecule has 0 aliphatic heterocycles. The van der Waals surface area contributed by atoms with Crippen LogP contribution in [0.1, 0.15) is 22.2 Å². The van der Waals surface area contributed by atoms with Crippen LogP contribution in [0.5, 0.6) is 0 Å². The maximum absolute atomic E-state index is 10.3. The normalized spacial score (nSPS) is 13.6. The number of aromatic nitrogens is 1. The van der Waals surface area contributed by atoms with Crippen LogP contribution in [0.2, 0.25) is 0 Å². The third-order valence-electron chi connectivity index (χ3n) is 1.97. The Balaban J connectivity index is 2.74. The molecule has 0 aliphatic rings. The van der Waals surface area contributed by atoms with Crippen molar-refractivity contribution in [3.8, 4) is 0 Å². The predicted octanol–water partition coefficient (Wildman–Crippen LogP) is 0.599. The largest absolute Gasteiger partial charge is 0.390 e. The van der Waals surface area contributed by atoms with Crippen LogP contribution >= 0.6 is 0 Å². The van der Waals surface area contributed by atoms with E-state index in [0.29, 0.717) is 11.8 Å². The molecule has 0 aliphatic carbocycles. The quantitative estimate of drug-likeness (QED) is 0.328. The summed E-state index contributed by atoms with van der Waals surface area (Å²) in [6.07, 6.45) is -0.529. The molecule has 0 saturated heterocycles. The van der Waals surface area contributed by atoms with E-state index in [1.807, 2.05) is 0 Å². The number of carbonyl (C=O) groups excluding carboxylic acids is 1. The lowest BCUT2D eigenvalue weighted by atomic mass is 10.1. The summed E-state index contributed by atoms with van der Waals surface area (Å²) in [6.45, 7) is -0.229. The maximum Gasteiger partial charge on any atom is 0.168 e. The molecule has 1 heterocycles. The van der Waals surface area contributed by atoms with Crippen LogP contribution in [0.25, 0.3) is 10.4 Å². The molecule has 7 nitrogen and oxygen atoms in total. The van der Waals surface area contributed by atoms with Gasteiger partial charge in [0.05, 0.1) is 12.6 Å². The van der Waals surface area contributed by atoms with Gasteiger partial charge >= 0.3 is 0 Å². The monoisotopic (exact) mass is 222 g/mol. The van der Waals surface area contributed by atoms with Crippen LogP contribution in [0.4, 0.5) is 0 Å². The molecule has 0 aromatic carbocycles. The van der Waals surface area contributed by atoms with E-state index in [1.54, 1.807) is 0 Å². The molecule has 0 radical (unpaired) electrons. The second-order valence-electron chi connectivity index (χ2n) is 3.06. The first-order valence-electron chi connectivity index (χ1n) is 4.47. The number of pyridine rings is 1. The van der Waals surface area contributed by atoms with Crippen molar-refractivity contribution in [2.45, 2.75) is 12.2 Å². The van der Waals surface area contributed by atoms with Crippen molar-refractivity contribution in [1.82, 2.24) is 4.98 Å². The van der Waals surface area contributed by atoms with Crippen molar-refractivity contribution in [2.75, 3.05) is 6.54 Å². The van der Waals surface area contributed by atoms with E-state index in [4.69, 9.17) is 5.53 Å². The van der Waals surface area contributed by atoms with Crippen LogP contribution in [0.3, 0.4) is 0 Å². The molecule has 0 saturated carbocycles. The number of aliphatic hydroxyl groups is 2. The Hall–Kier alpha value is -1.95. The minimum Gasteiger partial charge on any atom is -0.390 e. The second-order valence-corrected chi connectivity index (χ2v) is 3.06. The van der Waals surface area contributed by atoms with E-state index < -0.39 is 12.2 Å². The second kappa shape index (κ2) is 5.82. The number of rotatable bonds is 5. The van der Waals surface area contributed by atoms with Gasteiger partial charge in [-0.2, -0.15) is 0 Å². The molecular weight excluding hydrogens is 212 g/mol. The Morgan fingerprint density at radius 1 is 1.56 bits per heavy atom. The number of aliphatic hydroxyl groups excluding tert-OH is 2. The van der Waals surface area contributed by atoms with Crippen molar-refractivity contribution in [3.63, 3.8) is 0 Å². The Kier molecular flexibility index (Phi) is 4.41. The van der Waals surface area contributed by atoms with E-state index in [2.05, 4.69) is 15.0 Å². The van der Waals surface area contributed by atoms with Gasteiger partial charge in [-0.3, -0.25) is 9.78 Å². The Bertz CT molecular complexity index is 400. The minimum absolute atomic E-state index is 0.229. The summed E-state index contributed by atoms with van der Waals surface area (Å²) in [5, 5.41) is 22.2. The average molecular weight is 222 g/mol. The highest BCUT2D eigenvalue weighted by atomic mass is 16.3. The predicted molar refractivity (Wildman–Crippen MR) is 54.6 cm³/mol. The first-order valence-corrected chi connectivity index (χ1v) is 4.47. The lowest BCUT2D eigenvalue weighted by Crippen LogP contribution is -2.21. The van der Waals surface area contributed by atoms with Crippen LogP contribution in [0, 0.1) is 0 Å². The van der Waals surface area contributed by atoms with Gasteiger partial charge in [0.25, 0.3) is 0 Å². The summed E-state index contributed by atoms with van der Waals surface area (Å²) < 4.78 is 0. The number of carbonyl (C=O) groups is 1. The van der Waals surface area contributed by atoms with E-state index in [1.165, 1.54) is 18.3 Å². The van der Waals surface area contributed by atoms with Gasteiger partial charge in [-0.25, -0.2) is 0 Å². The van der Waals surface area contributed by atoms with E-state index >= 15 is 0 Å². The van der Waals surface area contributed by atoms with Gasteiger partial charge in [0, 0.05) is 16.7 Å². The van der Waals surface area contributed by atoms with Crippen molar-refractivity contribution in [1.29, 1.82) is 0 Å². The summed E-state index contributed by atoms with van der Waals surface area (Å²) in [6, 6.07) is 2.90. The standard InChI is InChI=1S/C9H10N4O3/c10-13-12-4-8(15)9(16)6-1-2-7(5-14)11-3-6/h1-3,5,8-9,15-16H,4H2. The first kappa shape index (κ1) is 12.1. The zero-order valence-corrected chi connectivity index (χ0v) is 8.26. The molecule has 0 bridgehead atoms. The summed E-state index contributed by atoms with van der Waals surface area (Å²) in [4.78, 5) is 16.5. The van der Waals surface area contributed by atoms with Gasteiger partial charge in [0.15, 0.2) is 6.29 Å². The number of hydrogen-bond donors (Lipinski definition) is 2. The minimum atomic E-state index is -1.20. The van der Waals surface area contributed by atoms with Gasteiger partial charge < -0.3 is 10.2 Å². The molecule has 2 N–H and O–H groups in total. The molecule has 0 amide bonds. The van der Waals surface area contributed by atoms with Crippen LogP contribution in [0.15, 0.2) is 23.4 Å². The Labute approximate surface area is 91.0 Å². The van der Waals surface area contributed by atoms with Crippen LogP contribution < -0.4 is 0 Å². The summed E-state index contributed by atoms with van der Waals surface area (Å²) >= 11 is 0. The molecular formula is C9H10N4O3. The highest BCUT2D eigenvalue weighted by Crippen LogP contribution is 2.16. The van der Waals surface area contributed by atoms with Gasteiger partial charge in [-0.05, 0) is 11.6 Å². The van der Waals surface area contributed by atoms with Gasteiger partial charge in [-0.15, -0.1) is 0 Å². The molecule has 1 aromatic rings. The number of aldehydes is 1. The van der Waals surface area contributed by atoms with Crippen molar-refractivity contribution in [3.05, 3.63) is 40.0 Å². The molecule has 2 atom stereocenters. The van der Waals surface area contributed by atoms with Crippen molar-refractivity contribution in [2.24, 2.45) is 5.11 Å². The fourth-order valence-electron chi connectivity index (χ4n) is 1.10. The fourth-order valence-corrected chi connectivity index (χ4v) is 1.10. The molecule has 84 valence electrons. The lowest BCUT2D eigenvalue weighted by Gasteiger charge is -2.15. The Morgan fingerprint density at radius 2 is 2.31 bits per heavy atom. The molecule has 0 spiro atoms. The van der Waals surface area contributed by atoms with Crippen LogP contribution in [-0.4, -0.2) is 34.1 Å². The Morgan fingerprint density at radius 3 is 2.81 bits per heavy atom. The van der Waals surface area contributed by atoms with Crippen molar-refractivity contribution < 1.29 is 15.0 Å². The number of nitrogens with zero attached hydrogens (tertiary/aromatic N) is 4. The van der Waals surface area contributed by atoms with E-state index in [-0.39, 0.29) is 12.2 Å². The van der Waals surface area contributed by atoms with E-state index in [0.717, 1.165) is 0 Å². The maximum atomic E-state index is 10.3. The number of azide groups is 1. The van der Waals surface area contributed by atoms with Gasteiger partial charge in [0.2, 0.25) is 0 Å². The average Bonchev–Trinajstić information content (AvgIpc) is 2.35. The molecule has 2 unspecified atom stereocenters. The fraction of sp³-hybridized carbons (Fsp3) is 0.333. The highest BCUT2D eigenvalue weighted by Gasteiger charge is 2.17. The molecule has 1 aromatic heterocycles. The zero-order valence-electron chi connectivity index (χ0n) is 8.26.